The lowest BCUT2D eigenvalue weighted by Gasteiger charge is -2.30. The summed E-state index contributed by atoms with van der Waals surface area (Å²) in [6, 6.07) is 14.9. The lowest BCUT2D eigenvalue weighted by molar-refractivity contribution is 0.123. The second-order valence-corrected chi connectivity index (χ2v) is 5.68. The summed E-state index contributed by atoms with van der Waals surface area (Å²) in [5.74, 6) is 0.790. The van der Waals surface area contributed by atoms with E-state index in [1.165, 1.54) is 16.8 Å². The number of imidazole rings is 1. The third-order valence-corrected chi connectivity index (χ3v) is 4.29. The number of nitrogens with zero attached hydrogens (tertiary/aromatic N) is 2. The second-order valence-electron chi connectivity index (χ2n) is 5.68. The molecule has 2 aromatic carbocycles. The Morgan fingerprint density at radius 2 is 1.96 bits per heavy atom. The highest BCUT2D eigenvalue weighted by Gasteiger charge is 2.15. The van der Waals surface area contributed by atoms with Crippen LogP contribution in [0.3, 0.4) is 0 Å². The van der Waals surface area contributed by atoms with Gasteiger partial charge >= 0.3 is 0 Å². The first-order valence-corrected chi connectivity index (χ1v) is 7.95. The lowest BCUT2D eigenvalue weighted by atomic mass is 10.0. The molecule has 0 spiro atoms. The van der Waals surface area contributed by atoms with Crippen molar-refractivity contribution in [3.63, 3.8) is 0 Å². The molecule has 0 bridgehead atoms. The Balaban J connectivity index is 1.77. The molecule has 0 saturated carbocycles. The summed E-state index contributed by atoms with van der Waals surface area (Å²) in [6.45, 7) is 3.46. The van der Waals surface area contributed by atoms with Crippen LogP contribution in [0.5, 0.6) is 0 Å². The van der Waals surface area contributed by atoms with Crippen molar-refractivity contribution in [3.8, 4) is 11.1 Å². The molecule has 1 saturated heterocycles. The molecule has 0 unspecified atom stereocenters. The SMILES string of the molecule is CNc1nc2ccc(-c3ccccc3N3CCOCC3)cc2[nH]1. The van der Waals surface area contributed by atoms with Crippen molar-refractivity contribution in [1.29, 1.82) is 0 Å². The third kappa shape index (κ3) is 2.64. The highest BCUT2D eigenvalue weighted by atomic mass is 16.5. The Labute approximate surface area is 135 Å². The van der Waals surface area contributed by atoms with Gasteiger partial charge in [-0.15, -0.1) is 0 Å². The average molecular weight is 308 g/mol. The predicted molar refractivity (Wildman–Crippen MR) is 94.1 cm³/mol. The van der Waals surface area contributed by atoms with Crippen molar-refractivity contribution in [2.45, 2.75) is 0 Å². The van der Waals surface area contributed by atoms with Crippen LogP contribution >= 0.6 is 0 Å². The summed E-state index contributed by atoms with van der Waals surface area (Å²) in [7, 11) is 1.87. The summed E-state index contributed by atoms with van der Waals surface area (Å²) in [6.07, 6.45) is 0. The van der Waals surface area contributed by atoms with E-state index < -0.39 is 0 Å². The minimum Gasteiger partial charge on any atom is -0.378 e. The number of hydrogen-bond acceptors (Lipinski definition) is 4. The van der Waals surface area contributed by atoms with E-state index in [0.717, 1.165) is 43.3 Å². The van der Waals surface area contributed by atoms with Crippen LogP contribution < -0.4 is 10.2 Å². The molecule has 3 aromatic rings. The molecule has 0 radical (unpaired) electrons. The quantitative estimate of drug-likeness (QED) is 0.780. The minimum atomic E-state index is 0.790. The Bertz CT molecular complexity index is 821. The Morgan fingerprint density at radius 3 is 2.78 bits per heavy atom. The summed E-state index contributed by atoms with van der Waals surface area (Å²) in [5, 5.41) is 3.05. The highest BCUT2D eigenvalue weighted by Crippen LogP contribution is 2.32. The molecule has 5 heteroatoms. The van der Waals surface area contributed by atoms with Gasteiger partial charge in [0.15, 0.2) is 0 Å². The smallest absolute Gasteiger partial charge is 0.200 e. The molecule has 0 atom stereocenters. The number of H-pyrrole nitrogens is 1. The summed E-state index contributed by atoms with van der Waals surface area (Å²) in [4.78, 5) is 10.2. The number of morpholine rings is 1. The molecule has 2 N–H and O–H groups in total. The number of aromatic nitrogens is 2. The highest BCUT2D eigenvalue weighted by molar-refractivity contribution is 5.87. The van der Waals surface area contributed by atoms with E-state index in [-0.39, 0.29) is 0 Å². The van der Waals surface area contributed by atoms with Gasteiger partial charge in [-0.05, 0) is 23.8 Å². The largest absolute Gasteiger partial charge is 0.378 e. The molecule has 1 aromatic heterocycles. The summed E-state index contributed by atoms with van der Waals surface area (Å²) in [5.41, 5.74) is 5.73. The zero-order valence-electron chi connectivity index (χ0n) is 13.2. The number of hydrogen-bond donors (Lipinski definition) is 2. The first-order chi connectivity index (χ1) is 11.3. The zero-order chi connectivity index (χ0) is 15.6. The molecule has 4 rings (SSSR count). The van der Waals surface area contributed by atoms with Gasteiger partial charge in [0.25, 0.3) is 0 Å². The monoisotopic (exact) mass is 308 g/mol. The maximum absolute atomic E-state index is 5.48. The van der Waals surface area contributed by atoms with Crippen LogP contribution in [0.4, 0.5) is 11.6 Å². The molecule has 0 amide bonds. The number of para-hydroxylation sites is 1. The number of aromatic amines is 1. The van der Waals surface area contributed by atoms with Crippen LogP contribution in [0.1, 0.15) is 0 Å². The number of ether oxygens (including phenoxy) is 1. The summed E-state index contributed by atoms with van der Waals surface area (Å²) >= 11 is 0. The normalized spacial score (nSPS) is 15.1. The van der Waals surface area contributed by atoms with Gasteiger partial charge in [-0.25, -0.2) is 4.98 Å². The fourth-order valence-corrected chi connectivity index (χ4v) is 3.09. The molecule has 0 aliphatic carbocycles. The zero-order valence-corrected chi connectivity index (χ0v) is 13.2. The van der Waals surface area contributed by atoms with Crippen LogP contribution in [0.2, 0.25) is 0 Å². The molecule has 118 valence electrons. The molecule has 1 aliphatic heterocycles. The molecule has 1 fully saturated rings. The lowest BCUT2D eigenvalue weighted by Crippen LogP contribution is -2.36. The standard InChI is InChI=1S/C18H20N4O/c1-19-18-20-15-7-6-13(12-16(15)21-18)14-4-2-3-5-17(14)22-8-10-23-11-9-22/h2-7,12H,8-11H2,1H3,(H2,19,20,21). The molecular weight excluding hydrogens is 288 g/mol. The molecule has 5 nitrogen and oxygen atoms in total. The van der Waals surface area contributed by atoms with Crippen molar-refractivity contribution in [2.24, 2.45) is 0 Å². The van der Waals surface area contributed by atoms with E-state index in [4.69, 9.17) is 4.74 Å². The molecule has 2 heterocycles. The Hall–Kier alpha value is -2.53. The molecule has 23 heavy (non-hydrogen) atoms. The first-order valence-electron chi connectivity index (χ1n) is 7.95. The van der Waals surface area contributed by atoms with E-state index >= 15 is 0 Å². The summed E-state index contributed by atoms with van der Waals surface area (Å²) < 4.78 is 5.48. The van der Waals surface area contributed by atoms with Gasteiger partial charge in [0, 0.05) is 31.4 Å². The number of benzene rings is 2. The van der Waals surface area contributed by atoms with Crippen molar-refractivity contribution in [3.05, 3.63) is 42.5 Å². The fraction of sp³-hybridized carbons (Fsp3) is 0.278. The van der Waals surface area contributed by atoms with E-state index in [2.05, 4.69) is 62.6 Å². The number of rotatable bonds is 3. The van der Waals surface area contributed by atoms with Crippen molar-refractivity contribution < 1.29 is 4.74 Å². The van der Waals surface area contributed by atoms with Crippen LogP contribution in [-0.2, 0) is 4.74 Å². The van der Waals surface area contributed by atoms with Gasteiger partial charge in [-0.2, -0.15) is 0 Å². The number of fused-ring (bicyclic) bond motifs is 1. The number of nitrogens with one attached hydrogen (secondary N) is 2. The third-order valence-electron chi connectivity index (χ3n) is 4.29. The van der Waals surface area contributed by atoms with Crippen LogP contribution in [-0.4, -0.2) is 43.3 Å². The Morgan fingerprint density at radius 1 is 1.13 bits per heavy atom. The van der Waals surface area contributed by atoms with Crippen molar-refractivity contribution in [1.82, 2.24) is 9.97 Å². The first kappa shape index (κ1) is 14.1. The van der Waals surface area contributed by atoms with Gasteiger partial charge in [0.2, 0.25) is 5.95 Å². The van der Waals surface area contributed by atoms with E-state index in [0.29, 0.717) is 0 Å². The maximum Gasteiger partial charge on any atom is 0.200 e. The van der Waals surface area contributed by atoms with Gasteiger partial charge in [-0.3, -0.25) is 0 Å². The van der Waals surface area contributed by atoms with Crippen LogP contribution in [0, 0.1) is 0 Å². The van der Waals surface area contributed by atoms with Gasteiger partial charge < -0.3 is 19.9 Å². The van der Waals surface area contributed by atoms with Crippen molar-refractivity contribution >= 4 is 22.7 Å². The number of anilines is 2. The average Bonchev–Trinajstić information content (AvgIpc) is 3.05. The van der Waals surface area contributed by atoms with Gasteiger partial charge in [0.05, 0.1) is 24.2 Å². The predicted octanol–water partition coefficient (Wildman–Crippen LogP) is 3.11. The van der Waals surface area contributed by atoms with Crippen LogP contribution in [0.25, 0.3) is 22.2 Å². The minimum absolute atomic E-state index is 0.790. The maximum atomic E-state index is 5.48. The van der Waals surface area contributed by atoms with Gasteiger partial charge in [-0.1, -0.05) is 24.3 Å². The van der Waals surface area contributed by atoms with Crippen molar-refractivity contribution in [2.75, 3.05) is 43.6 Å². The van der Waals surface area contributed by atoms with Gasteiger partial charge in [0.1, 0.15) is 0 Å². The topological polar surface area (TPSA) is 53.2 Å². The van der Waals surface area contributed by atoms with E-state index in [9.17, 15) is 0 Å². The molecule has 1 aliphatic rings. The molecular formula is C18H20N4O. The van der Waals surface area contributed by atoms with E-state index in [1.54, 1.807) is 0 Å². The Kier molecular flexibility index (Phi) is 3.63. The fourth-order valence-electron chi connectivity index (χ4n) is 3.09. The van der Waals surface area contributed by atoms with Crippen LogP contribution in [0.15, 0.2) is 42.5 Å². The van der Waals surface area contributed by atoms with E-state index in [1.807, 2.05) is 7.05 Å². The second kappa shape index (κ2) is 5.93.